The fourth-order valence-corrected chi connectivity index (χ4v) is 2.16. The first-order valence-corrected chi connectivity index (χ1v) is 7.43. The topological polar surface area (TPSA) is 21.3 Å². The number of hydrogen-bond donors (Lipinski definition) is 1. The number of halogens is 2. The van der Waals surface area contributed by atoms with Crippen molar-refractivity contribution >= 4 is 11.6 Å². The minimum absolute atomic E-state index is 0.188. The summed E-state index contributed by atoms with van der Waals surface area (Å²) in [7, 11) is 0. The number of nitrogens with one attached hydrogen (secondary N) is 1. The fourth-order valence-electron chi connectivity index (χ4n) is 1.98. The lowest BCUT2D eigenvalue weighted by Crippen LogP contribution is -2.14. The van der Waals surface area contributed by atoms with Crippen molar-refractivity contribution < 1.29 is 9.13 Å². The number of hydrogen-bond acceptors (Lipinski definition) is 2. The van der Waals surface area contributed by atoms with Gasteiger partial charge >= 0.3 is 0 Å². The molecule has 0 aliphatic rings. The van der Waals surface area contributed by atoms with Crippen LogP contribution in [-0.2, 0) is 13.2 Å². The molecule has 21 heavy (non-hydrogen) atoms. The molecule has 2 aromatic carbocycles. The molecule has 112 valence electrons. The highest BCUT2D eigenvalue weighted by Crippen LogP contribution is 2.19. The van der Waals surface area contributed by atoms with Crippen LogP contribution in [0.25, 0.3) is 0 Å². The Morgan fingerprint density at radius 3 is 2.81 bits per heavy atom. The number of rotatable bonds is 7. The normalized spacial score (nSPS) is 10.6. The highest BCUT2D eigenvalue weighted by molar-refractivity contribution is 6.30. The molecule has 0 atom stereocenters. The van der Waals surface area contributed by atoms with Crippen molar-refractivity contribution in [2.24, 2.45) is 0 Å². The van der Waals surface area contributed by atoms with Crippen LogP contribution in [0.2, 0.25) is 5.02 Å². The molecular weight excluding hydrogens is 289 g/mol. The molecule has 2 rings (SSSR count). The molecule has 2 aromatic rings. The predicted octanol–water partition coefficient (Wildman–Crippen LogP) is 4.56. The van der Waals surface area contributed by atoms with E-state index in [1.54, 1.807) is 30.3 Å². The quantitative estimate of drug-likeness (QED) is 0.757. The second-order valence-corrected chi connectivity index (χ2v) is 5.29. The molecule has 1 N–H and O–H groups in total. The maximum absolute atomic E-state index is 13.8. The SMILES string of the molecule is CCCNCc1ccc(F)c(COc2cccc(Cl)c2)c1. The van der Waals surface area contributed by atoms with Crippen molar-refractivity contribution in [3.63, 3.8) is 0 Å². The van der Waals surface area contributed by atoms with Gasteiger partial charge in [0, 0.05) is 17.1 Å². The number of ether oxygens (including phenoxy) is 1. The van der Waals surface area contributed by atoms with Crippen molar-refractivity contribution in [2.75, 3.05) is 6.54 Å². The Kier molecular flexibility index (Phi) is 6.03. The Morgan fingerprint density at radius 2 is 2.05 bits per heavy atom. The second-order valence-electron chi connectivity index (χ2n) is 4.85. The van der Waals surface area contributed by atoms with Crippen LogP contribution in [0, 0.1) is 5.82 Å². The lowest BCUT2D eigenvalue weighted by atomic mass is 10.1. The van der Waals surface area contributed by atoms with Crippen molar-refractivity contribution in [2.45, 2.75) is 26.5 Å². The Labute approximate surface area is 129 Å². The first-order valence-electron chi connectivity index (χ1n) is 7.05. The van der Waals surface area contributed by atoms with Crippen LogP contribution in [-0.4, -0.2) is 6.54 Å². The maximum atomic E-state index is 13.8. The summed E-state index contributed by atoms with van der Waals surface area (Å²) in [4.78, 5) is 0. The highest BCUT2D eigenvalue weighted by Gasteiger charge is 2.05. The first-order chi connectivity index (χ1) is 10.2. The van der Waals surface area contributed by atoms with E-state index in [2.05, 4.69) is 12.2 Å². The van der Waals surface area contributed by atoms with Crippen LogP contribution in [0.15, 0.2) is 42.5 Å². The van der Waals surface area contributed by atoms with Gasteiger partial charge < -0.3 is 10.1 Å². The third-order valence-corrected chi connectivity index (χ3v) is 3.29. The van der Waals surface area contributed by atoms with Gasteiger partial charge in [-0.3, -0.25) is 0 Å². The average Bonchev–Trinajstić information content (AvgIpc) is 2.48. The molecular formula is C17H19ClFNO. The van der Waals surface area contributed by atoms with Gasteiger partial charge in [0.15, 0.2) is 0 Å². The number of benzene rings is 2. The molecule has 0 amide bonds. The fraction of sp³-hybridized carbons (Fsp3) is 0.294. The van der Waals surface area contributed by atoms with Gasteiger partial charge in [-0.25, -0.2) is 4.39 Å². The summed E-state index contributed by atoms with van der Waals surface area (Å²) >= 11 is 5.89. The molecule has 0 fully saturated rings. The largest absolute Gasteiger partial charge is 0.489 e. The monoisotopic (exact) mass is 307 g/mol. The van der Waals surface area contributed by atoms with Gasteiger partial charge in [-0.2, -0.15) is 0 Å². The predicted molar refractivity (Wildman–Crippen MR) is 84.2 cm³/mol. The molecule has 0 aromatic heterocycles. The zero-order chi connectivity index (χ0) is 15.1. The van der Waals surface area contributed by atoms with Gasteiger partial charge in [-0.05, 0) is 48.9 Å². The van der Waals surface area contributed by atoms with Crippen LogP contribution < -0.4 is 10.1 Å². The maximum Gasteiger partial charge on any atom is 0.129 e. The van der Waals surface area contributed by atoms with Gasteiger partial charge in [0.25, 0.3) is 0 Å². The smallest absolute Gasteiger partial charge is 0.129 e. The molecule has 0 radical (unpaired) electrons. The zero-order valence-corrected chi connectivity index (χ0v) is 12.8. The van der Waals surface area contributed by atoms with E-state index >= 15 is 0 Å². The van der Waals surface area contributed by atoms with Crippen LogP contribution in [0.3, 0.4) is 0 Å². The lowest BCUT2D eigenvalue weighted by molar-refractivity contribution is 0.299. The molecule has 4 heteroatoms. The molecule has 0 unspecified atom stereocenters. The summed E-state index contributed by atoms with van der Waals surface area (Å²) < 4.78 is 19.4. The van der Waals surface area contributed by atoms with Crippen molar-refractivity contribution in [1.29, 1.82) is 0 Å². The highest BCUT2D eigenvalue weighted by atomic mass is 35.5. The van der Waals surface area contributed by atoms with Gasteiger partial charge in [0.1, 0.15) is 18.2 Å². The minimum Gasteiger partial charge on any atom is -0.489 e. The van der Waals surface area contributed by atoms with Crippen LogP contribution in [0.1, 0.15) is 24.5 Å². The second kappa shape index (κ2) is 8.01. The first kappa shape index (κ1) is 15.8. The molecule has 0 saturated carbocycles. The Hall–Kier alpha value is -1.58. The minimum atomic E-state index is -0.253. The van der Waals surface area contributed by atoms with Crippen LogP contribution >= 0.6 is 11.6 Å². The summed E-state index contributed by atoms with van der Waals surface area (Å²) in [5.41, 5.74) is 1.60. The van der Waals surface area contributed by atoms with Crippen LogP contribution in [0.5, 0.6) is 5.75 Å². The third kappa shape index (κ3) is 5.03. The Bertz CT molecular complexity index is 589. The van der Waals surface area contributed by atoms with E-state index < -0.39 is 0 Å². The van der Waals surface area contributed by atoms with Crippen molar-refractivity contribution in [1.82, 2.24) is 5.32 Å². The molecule has 0 bridgehead atoms. The Morgan fingerprint density at radius 1 is 1.19 bits per heavy atom. The summed E-state index contributed by atoms with van der Waals surface area (Å²) in [5.74, 6) is 0.382. The summed E-state index contributed by atoms with van der Waals surface area (Å²) in [6.07, 6.45) is 1.08. The van der Waals surface area contributed by atoms with E-state index in [9.17, 15) is 4.39 Å². The van der Waals surface area contributed by atoms with E-state index in [-0.39, 0.29) is 12.4 Å². The van der Waals surface area contributed by atoms with Gasteiger partial charge in [-0.1, -0.05) is 30.7 Å². The van der Waals surface area contributed by atoms with Gasteiger partial charge in [0.2, 0.25) is 0 Å². The molecule has 0 heterocycles. The van der Waals surface area contributed by atoms with E-state index in [1.807, 2.05) is 6.07 Å². The van der Waals surface area contributed by atoms with E-state index in [0.29, 0.717) is 16.3 Å². The standard InChI is InChI=1S/C17H19ClFNO/c1-2-8-20-11-13-6-7-17(19)14(9-13)12-21-16-5-3-4-15(18)10-16/h3-7,9-10,20H,2,8,11-12H2,1H3. The summed E-state index contributed by atoms with van der Waals surface area (Å²) in [6, 6.07) is 12.2. The molecule has 0 spiro atoms. The molecule has 2 nitrogen and oxygen atoms in total. The van der Waals surface area contributed by atoms with Crippen LogP contribution in [0.4, 0.5) is 4.39 Å². The van der Waals surface area contributed by atoms with Gasteiger partial charge in [-0.15, -0.1) is 0 Å². The lowest BCUT2D eigenvalue weighted by Gasteiger charge is -2.10. The van der Waals surface area contributed by atoms with Crippen molar-refractivity contribution in [3.8, 4) is 5.75 Å². The molecule has 0 saturated heterocycles. The van der Waals surface area contributed by atoms with E-state index in [4.69, 9.17) is 16.3 Å². The summed E-state index contributed by atoms with van der Waals surface area (Å²) in [6.45, 7) is 3.99. The van der Waals surface area contributed by atoms with Gasteiger partial charge in [0.05, 0.1) is 0 Å². The van der Waals surface area contributed by atoms with Crippen molar-refractivity contribution in [3.05, 3.63) is 64.4 Å². The van der Waals surface area contributed by atoms with E-state index in [1.165, 1.54) is 6.07 Å². The van der Waals surface area contributed by atoms with E-state index in [0.717, 1.165) is 25.1 Å². The molecule has 0 aliphatic heterocycles. The average molecular weight is 308 g/mol. The summed E-state index contributed by atoms with van der Waals surface area (Å²) in [5, 5.41) is 3.90. The Balaban J connectivity index is 2.00. The molecule has 0 aliphatic carbocycles. The zero-order valence-electron chi connectivity index (χ0n) is 12.0. The third-order valence-electron chi connectivity index (χ3n) is 3.06.